The topological polar surface area (TPSA) is 133 Å². The minimum absolute atomic E-state index is 0.0113. The van der Waals surface area contributed by atoms with Crippen molar-refractivity contribution in [3.05, 3.63) is 108 Å². The van der Waals surface area contributed by atoms with Crippen LogP contribution in [-0.4, -0.2) is 52.9 Å². The molecule has 0 saturated carbocycles. The fourth-order valence-electron chi connectivity index (χ4n) is 3.95. The smallest absolute Gasteiger partial charge is 0.414 e. The van der Waals surface area contributed by atoms with E-state index >= 15 is 0 Å². The van der Waals surface area contributed by atoms with Crippen LogP contribution in [0.1, 0.15) is 60.8 Å². The highest BCUT2D eigenvalue weighted by Gasteiger charge is 2.18. The van der Waals surface area contributed by atoms with E-state index in [1.54, 1.807) is 0 Å². The molecule has 0 aliphatic heterocycles. The van der Waals surface area contributed by atoms with Crippen molar-refractivity contribution >= 4 is 17.9 Å². The van der Waals surface area contributed by atoms with Gasteiger partial charge >= 0.3 is 17.9 Å². The molecule has 8 heteroatoms. The molecule has 0 radical (unpaired) electrons. The van der Waals surface area contributed by atoms with Crippen LogP contribution in [-0.2, 0) is 19.1 Å². The molecule has 0 spiro atoms. The average molecular weight is 536 g/mol. The van der Waals surface area contributed by atoms with Gasteiger partial charge in [0.25, 0.3) is 0 Å². The summed E-state index contributed by atoms with van der Waals surface area (Å²) in [6.07, 6.45) is 3.89. The van der Waals surface area contributed by atoms with Crippen LogP contribution < -0.4 is 5.32 Å². The summed E-state index contributed by atoms with van der Waals surface area (Å²) >= 11 is 0. The van der Waals surface area contributed by atoms with E-state index in [4.69, 9.17) is 24.5 Å². The van der Waals surface area contributed by atoms with Gasteiger partial charge in [0.1, 0.15) is 0 Å². The zero-order valence-electron chi connectivity index (χ0n) is 21.9. The summed E-state index contributed by atoms with van der Waals surface area (Å²) in [6, 6.07) is 30.0. The average Bonchev–Trinajstić information content (AvgIpc) is 2.96. The molecule has 0 saturated heterocycles. The zero-order chi connectivity index (χ0) is 28.3. The fraction of sp³-hybridized carbons (Fsp3) is 0.323. The van der Waals surface area contributed by atoms with Crippen molar-refractivity contribution in [2.45, 2.75) is 44.1 Å². The van der Waals surface area contributed by atoms with Crippen LogP contribution >= 0.6 is 0 Å². The molecule has 0 heterocycles. The number of benzene rings is 3. The van der Waals surface area contributed by atoms with Crippen LogP contribution in [0.25, 0.3) is 0 Å². The first-order valence-electron chi connectivity index (χ1n) is 13.0. The van der Waals surface area contributed by atoms with Crippen molar-refractivity contribution in [2.24, 2.45) is 0 Å². The van der Waals surface area contributed by atoms with Gasteiger partial charge in [0.2, 0.25) is 0 Å². The Balaban J connectivity index is 0.000000798. The SMILES string of the molecule is O=C(CC(c1ccccc1)c1ccccc1)OCCCCCCNCC(O)c1ccccc1.O=C(O)C(=O)O. The van der Waals surface area contributed by atoms with Crippen molar-refractivity contribution in [1.82, 2.24) is 5.32 Å². The maximum absolute atomic E-state index is 12.5. The predicted molar refractivity (Wildman–Crippen MR) is 148 cm³/mol. The number of unbranched alkanes of at least 4 members (excludes halogenated alkanes) is 3. The summed E-state index contributed by atoms with van der Waals surface area (Å²) in [5.74, 6) is -3.79. The van der Waals surface area contributed by atoms with E-state index in [1.165, 1.54) is 0 Å². The number of carboxylic acids is 2. The Bertz CT molecular complexity index is 1060. The molecule has 8 nitrogen and oxygen atoms in total. The van der Waals surface area contributed by atoms with Crippen molar-refractivity contribution in [3.8, 4) is 0 Å². The first-order valence-corrected chi connectivity index (χ1v) is 13.0. The number of hydrogen-bond donors (Lipinski definition) is 4. The van der Waals surface area contributed by atoms with Gasteiger partial charge in [-0.25, -0.2) is 9.59 Å². The number of rotatable bonds is 14. The molecule has 3 aromatic carbocycles. The summed E-state index contributed by atoms with van der Waals surface area (Å²) in [5, 5.41) is 28.2. The van der Waals surface area contributed by atoms with Crippen LogP contribution in [0.3, 0.4) is 0 Å². The molecule has 0 aliphatic carbocycles. The third kappa shape index (κ3) is 12.9. The van der Waals surface area contributed by atoms with Crippen LogP contribution in [0.5, 0.6) is 0 Å². The summed E-state index contributed by atoms with van der Waals surface area (Å²) in [7, 11) is 0. The molecule has 0 bridgehead atoms. The van der Waals surface area contributed by atoms with Gasteiger partial charge in [-0.15, -0.1) is 0 Å². The largest absolute Gasteiger partial charge is 0.473 e. The van der Waals surface area contributed by atoms with E-state index in [0.29, 0.717) is 19.6 Å². The molecule has 39 heavy (non-hydrogen) atoms. The monoisotopic (exact) mass is 535 g/mol. The third-order valence-electron chi connectivity index (χ3n) is 5.99. The van der Waals surface area contributed by atoms with Crippen molar-refractivity contribution in [2.75, 3.05) is 19.7 Å². The molecule has 0 fully saturated rings. The van der Waals surface area contributed by atoms with E-state index in [2.05, 4.69) is 29.6 Å². The highest BCUT2D eigenvalue weighted by molar-refractivity contribution is 6.27. The minimum Gasteiger partial charge on any atom is -0.473 e. The zero-order valence-corrected chi connectivity index (χ0v) is 21.9. The van der Waals surface area contributed by atoms with Crippen molar-refractivity contribution < 1.29 is 34.4 Å². The number of aliphatic hydroxyl groups is 1. The maximum Gasteiger partial charge on any atom is 0.414 e. The van der Waals surface area contributed by atoms with Gasteiger partial charge in [0, 0.05) is 12.5 Å². The molecular formula is C31H37NO7. The number of aliphatic carboxylic acids is 2. The quantitative estimate of drug-likeness (QED) is 0.132. The minimum atomic E-state index is -1.82. The van der Waals surface area contributed by atoms with Gasteiger partial charge in [-0.2, -0.15) is 0 Å². The van der Waals surface area contributed by atoms with Gasteiger partial charge in [-0.05, 0) is 36.1 Å². The number of hydrogen-bond acceptors (Lipinski definition) is 6. The molecule has 208 valence electrons. The highest BCUT2D eigenvalue weighted by atomic mass is 16.5. The van der Waals surface area contributed by atoms with Crippen LogP contribution in [0.4, 0.5) is 0 Å². The fourth-order valence-corrected chi connectivity index (χ4v) is 3.95. The van der Waals surface area contributed by atoms with Crippen LogP contribution in [0.15, 0.2) is 91.0 Å². The van der Waals surface area contributed by atoms with E-state index < -0.39 is 18.0 Å². The Hall–Kier alpha value is -4.01. The summed E-state index contributed by atoms with van der Waals surface area (Å²) in [6.45, 7) is 1.90. The van der Waals surface area contributed by atoms with Crippen LogP contribution in [0.2, 0.25) is 0 Å². The van der Waals surface area contributed by atoms with E-state index in [1.807, 2.05) is 66.7 Å². The van der Waals surface area contributed by atoms with Gasteiger partial charge < -0.3 is 25.4 Å². The van der Waals surface area contributed by atoms with Gasteiger partial charge in [0.05, 0.1) is 19.1 Å². The Labute approximate surface area is 229 Å². The van der Waals surface area contributed by atoms with Gasteiger partial charge in [-0.1, -0.05) is 104 Å². The number of carbonyl (C=O) groups is 3. The molecule has 0 aromatic heterocycles. The van der Waals surface area contributed by atoms with Gasteiger partial charge in [-0.3, -0.25) is 4.79 Å². The van der Waals surface area contributed by atoms with E-state index in [-0.39, 0.29) is 11.9 Å². The predicted octanol–water partition coefficient (Wildman–Crippen LogP) is 4.79. The first kappa shape index (κ1) is 31.2. The summed E-state index contributed by atoms with van der Waals surface area (Å²) in [4.78, 5) is 30.7. The number of aliphatic hydroxyl groups excluding tert-OH is 1. The summed E-state index contributed by atoms with van der Waals surface area (Å²) < 4.78 is 5.54. The lowest BCUT2D eigenvalue weighted by Gasteiger charge is -2.17. The molecule has 0 aliphatic rings. The Morgan fingerprint density at radius 1 is 0.667 bits per heavy atom. The number of nitrogens with one attached hydrogen (secondary N) is 1. The Kier molecular flexibility index (Phi) is 14.6. The highest BCUT2D eigenvalue weighted by Crippen LogP contribution is 2.28. The standard InChI is InChI=1S/C29H35NO3.C2H2O4/c31-28(26-18-10-5-11-19-26)23-30-20-12-1-2-13-21-33-29(32)22-27(24-14-6-3-7-15-24)25-16-8-4-9-17-25;3-1(4)2(5)6/h3-11,14-19,27-28,30-31H,1-2,12-13,20-23H2;(H,3,4)(H,5,6). The van der Waals surface area contributed by atoms with Gasteiger partial charge in [0.15, 0.2) is 0 Å². The molecule has 3 rings (SSSR count). The molecule has 1 unspecified atom stereocenters. The lowest BCUT2D eigenvalue weighted by atomic mass is 9.89. The summed E-state index contributed by atoms with van der Waals surface area (Å²) in [5.41, 5.74) is 3.20. The Morgan fingerprint density at radius 2 is 1.13 bits per heavy atom. The van der Waals surface area contributed by atoms with E-state index in [9.17, 15) is 9.90 Å². The molecule has 3 aromatic rings. The number of carboxylic acid groups (broad SMARTS) is 2. The second kappa shape index (κ2) is 18.3. The Morgan fingerprint density at radius 3 is 1.62 bits per heavy atom. The molecule has 4 N–H and O–H groups in total. The van der Waals surface area contributed by atoms with E-state index in [0.717, 1.165) is 48.9 Å². The molecular weight excluding hydrogens is 498 g/mol. The van der Waals surface area contributed by atoms with Crippen molar-refractivity contribution in [1.29, 1.82) is 0 Å². The normalized spacial score (nSPS) is 11.2. The maximum atomic E-state index is 12.5. The molecule has 0 amide bonds. The van der Waals surface area contributed by atoms with Crippen molar-refractivity contribution in [3.63, 3.8) is 0 Å². The third-order valence-corrected chi connectivity index (χ3v) is 5.99. The van der Waals surface area contributed by atoms with Crippen LogP contribution in [0, 0.1) is 0 Å². The number of ether oxygens (including phenoxy) is 1. The first-order chi connectivity index (χ1) is 18.9. The number of esters is 1. The second-order valence-electron chi connectivity index (χ2n) is 8.95. The molecule has 1 atom stereocenters. The second-order valence-corrected chi connectivity index (χ2v) is 8.95. The number of carbonyl (C=O) groups excluding carboxylic acids is 1. The lowest BCUT2D eigenvalue weighted by Crippen LogP contribution is -2.22. The lowest BCUT2D eigenvalue weighted by molar-refractivity contribution is -0.159.